The number of rotatable bonds is 7. The Hall–Kier alpha value is -3.47. The fourth-order valence-electron chi connectivity index (χ4n) is 4.20. The molecule has 182 valence electrons. The van der Waals surface area contributed by atoms with Crippen LogP contribution in [0.15, 0.2) is 56.5 Å². The Kier molecular flexibility index (Phi) is 6.82. The van der Waals surface area contributed by atoms with E-state index in [2.05, 4.69) is 32.8 Å². The zero-order valence-corrected chi connectivity index (χ0v) is 19.5. The van der Waals surface area contributed by atoms with E-state index in [0.29, 0.717) is 35.8 Å². The molecule has 2 aliphatic carbocycles. The van der Waals surface area contributed by atoms with Crippen LogP contribution in [0.2, 0.25) is 0 Å². The highest BCUT2D eigenvalue weighted by atomic mass is 19.1. The lowest BCUT2D eigenvalue weighted by Crippen LogP contribution is -2.51. The first-order chi connectivity index (χ1) is 16.4. The quantitative estimate of drug-likeness (QED) is 0.413. The topological polar surface area (TPSA) is 112 Å². The number of anilines is 1. The second-order valence-corrected chi connectivity index (χ2v) is 8.59. The third kappa shape index (κ3) is 4.47. The Morgan fingerprint density at radius 3 is 2.71 bits per heavy atom. The van der Waals surface area contributed by atoms with Gasteiger partial charge in [0.05, 0.1) is 17.7 Å². The van der Waals surface area contributed by atoms with Crippen molar-refractivity contribution in [2.24, 2.45) is 10.1 Å². The van der Waals surface area contributed by atoms with E-state index >= 15 is 0 Å². The lowest BCUT2D eigenvalue weighted by atomic mass is 9.89. The van der Waals surface area contributed by atoms with Crippen molar-refractivity contribution in [2.75, 3.05) is 19.5 Å². The van der Waals surface area contributed by atoms with Crippen molar-refractivity contribution in [1.29, 1.82) is 0 Å². The van der Waals surface area contributed by atoms with E-state index in [9.17, 15) is 14.0 Å². The molecule has 1 aliphatic heterocycles. The second kappa shape index (κ2) is 9.80. The number of methoxy groups -OCH3 is 1. The number of amides is 1. The Balaban J connectivity index is 1.62. The zero-order valence-electron chi connectivity index (χ0n) is 19.5. The maximum absolute atomic E-state index is 13.3. The van der Waals surface area contributed by atoms with Crippen molar-refractivity contribution in [2.45, 2.75) is 57.0 Å². The molecular weight excluding hydrogens is 441 g/mol. The van der Waals surface area contributed by atoms with E-state index in [1.807, 2.05) is 0 Å². The van der Waals surface area contributed by atoms with Crippen LogP contribution in [-0.4, -0.2) is 60.5 Å². The summed E-state index contributed by atoms with van der Waals surface area (Å²) in [6.45, 7) is 5.26. The number of ether oxygens (including phenoxy) is 1. The van der Waals surface area contributed by atoms with Crippen molar-refractivity contribution in [3.05, 3.63) is 52.0 Å². The van der Waals surface area contributed by atoms with E-state index in [-0.39, 0.29) is 35.5 Å². The molecule has 2 fully saturated rings. The number of carbonyl (C=O) groups excluding carboxylic acids is 1. The fraction of sp³-hybridized carbons (Fsp3) is 0.478. The average Bonchev–Trinajstić information content (AvgIpc) is 2.80. The molecule has 4 rings (SSSR count). The summed E-state index contributed by atoms with van der Waals surface area (Å²) in [6.07, 6.45) is 4.87. The fourth-order valence-corrected chi connectivity index (χ4v) is 4.20. The maximum atomic E-state index is 13.3. The number of halogens is 1. The van der Waals surface area contributed by atoms with Crippen LogP contribution in [0.1, 0.15) is 38.6 Å². The summed E-state index contributed by atoms with van der Waals surface area (Å²) in [6, 6.07) is 3.17. The molecule has 2 heterocycles. The standard InChI is InChI=1S/C23H30FN7O3/c1-13(22(32)28-16-7-8-18(16)34-4)21-29-19(12-20(25-2)31(21)26-3)27-17-6-5-9-30(23(17)33)15-10-14(24)11-15/h5-6,9,12,14-16,18,25H,3,7-8,10-11H2,1-2,4H3,(H,27,29)(H,28,32)/b21-13+/t14-,15-,16-,18-/m0/s1. The van der Waals surface area contributed by atoms with Gasteiger partial charge in [0.2, 0.25) is 0 Å². The average molecular weight is 472 g/mol. The number of aromatic nitrogens is 1. The maximum Gasteiger partial charge on any atom is 0.274 e. The molecule has 1 amide bonds. The number of nitrogens with zero attached hydrogens (tertiary/aromatic N) is 4. The van der Waals surface area contributed by atoms with Gasteiger partial charge in [-0.1, -0.05) is 0 Å². The van der Waals surface area contributed by atoms with Gasteiger partial charge in [-0.05, 0) is 44.7 Å². The summed E-state index contributed by atoms with van der Waals surface area (Å²) in [5.41, 5.74) is 0.374. The van der Waals surface area contributed by atoms with Crippen LogP contribution in [-0.2, 0) is 9.53 Å². The highest BCUT2D eigenvalue weighted by molar-refractivity contribution is 6.06. The van der Waals surface area contributed by atoms with E-state index in [1.165, 1.54) is 5.01 Å². The number of carbonyl (C=O) groups is 1. The Morgan fingerprint density at radius 2 is 2.12 bits per heavy atom. The normalized spacial score (nSPS) is 27.5. The first-order valence-corrected chi connectivity index (χ1v) is 11.3. The molecule has 0 spiro atoms. The van der Waals surface area contributed by atoms with E-state index in [1.54, 1.807) is 50.1 Å². The third-order valence-electron chi connectivity index (χ3n) is 6.52. The van der Waals surface area contributed by atoms with Crippen molar-refractivity contribution >= 4 is 24.1 Å². The van der Waals surface area contributed by atoms with Crippen LogP contribution in [0.5, 0.6) is 0 Å². The number of aliphatic imine (C=N–C) groups is 1. The van der Waals surface area contributed by atoms with Crippen LogP contribution in [0.4, 0.5) is 10.1 Å². The third-order valence-corrected chi connectivity index (χ3v) is 6.52. The van der Waals surface area contributed by atoms with Gasteiger partial charge in [-0.2, -0.15) is 10.1 Å². The van der Waals surface area contributed by atoms with E-state index in [4.69, 9.17) is 4.74 Å². The number of pyridine rings is 1. The number of hydrogen-bond donors (Lipinski definition) is 3. The molecule has 0 saturated heterocycles. The van der Waals surface area contributed by atoms with Gasteiger partial charge in [0.25, 0.3) is 11.5 Å². The van der Waals surface area contributed by atoms with Crippen LogP contribution >= 0.6 is 0 Å². The molecule has 34 heavy (non-hydrogen) atoms. The van der Waals surface area contributed by atoms with Gasteiger partial charge >= 0.3 is 0 Å². The van der Waals surface area contributed by atoms with Crippen LogP contribution in [0, 0.1) is 0 Å². The molecule has 2 atom stereocenters. The lowest BCUT2D eigenvalue weighted by Gasteiger charge is -2.36. The van der Waals surface area contributed by atoms with Gasteiger partial charge in [0.1, 0.15) is 23.5 Å². The van der Waals surface area contributed by atoms with Gasteiger partial charge in [-0.25, -0.2) is 9.38 Å². The van der Waals surface area contributed by atoms with Crippen molar-refractivity contribution in [3.8, 4) is 0 Å². The highest BCUT2D eigenvalue weighted by Gasteiger charge is 2.34. The number of hydrogen-bond acceptors (Lipinski definition) is 8. The monoisotopic (exact) mass is 471 g/mol. The molecule has 0 radical (unpaired) electrons. The number of amidine groups is 1. The molecular formula is C23H30FN7O3. The molecule has 10 nitrogen and oxygen atoms in total. The van der Waals surface area contributed by atoms with Crippen LogP contribution < -0.4 is 21.5 Å². The zero-order chi connectivity index (χ0) is 24.4. The first kappa shape index (κ1) is 23.7. The van der Waals surface area contributed by atoms with Gasteiger partial charge < -0.3 is 25.3 Å². The molecule has 0 unspecified atom stereocenters. The van der Waals surface area contributed by atoms with Gasteiger partial charge in [0.15, 0.2) is 5.82 Å². The summed E-state index contributed by atoms with van der Waals surface area (Å²) < 4.78 is 20.2. The molecule has 1 aromatic rings. The summed E-state index contributed by atoms with van der Waals surface area (Å²) in [4.78, 5) is 30.5. The Morgan fingerprint density at radius 1 is 1.35 bits per heavy atom. The number of hydrazone groups is 1. The summed E-state index contributed by atoms with van der Waals surface area (Å²) in [7, 11) is 3.33. The smallest absolute Gasteiger partial charge is 0.274 e. The first-order valence-electron chi connectivity index (χ1n) is 11.3. The molecule has 1 aromatic heterocycles. The second-order valence-electron chi connectivity index (χ2n) is 8.59. The molecule has 3 N–H and O–H groups in total. The minimum atomic E-state index is -0.865. The largest absolute Gasteiger partial charge is 0.379 e. The molecule has 3 aliphatic rings. The van der Waals surface area contributed by atoms with Crippen LogP contribution in [0.25, 0.3) is 0 Å². The van der Waals surface area contributed by atoms with Gasteiger partial charge in [0, 0.05) is 39.2 Å². The predicted molar refractivity (Wildman–Crippen MR) is 128 cm³/mol. The SMILES string of the molecule is C=NN1C(NC)=CC(Nc2cccn([C@H]3C[C@H](F)C3)c2=O)=N/C1=C(/C)C(=O)N[C@H]1CC[C@@H]1OC. The van der Waals surface area contributed by atoms with Crippen LogP contribution in [0.3, 0.4) is 0 Å². The summed E-state index contributed by atoms with van der Waals surface area (Å²) >= 11 is 0. The van der Waals surface area contributed by atoms with E-state index < -0.39 is 6.17 Å². The number of nitrogens with one attached hydrogen (secondary N) is 3. The molecule has 2 saturated carbocycles. The summed E-state index contributed by atoms with van der Waals surface area (Å²) in [5, 5.41) is 14.5. The summed E-state index contributed by atoms with van der Waals surface area (Å²) in [5.74, 6) is 0.842. The van der Waals surface area contributed by atoms with Crippen molar-refractivity contribution in [1.82, 2.24) is 20.2 Å². The van der Waals surface area contributed by atoms with Crippen molar-refractivity contribution in [3.63, 3.8) is 0 Å². The van der Waals surface area contributed by atoms with Gasteiger partial charge in [-0.15, -0.1) is 0 Å². The Labute approximate surface area is 197 Å². The highest BCUT2D eigenvalue weighted by Crippen LogP contribution is 2.33. The molecule has 11 heteroatoms. The lowest BCUT2D eigenvalue weighted by molar-refractivity contribution is -0.120. The minimum absolute atomic E-state index is 0.00109. The van der Waals surface area contributed by atoms with Crippen molar-refractivity contribution < 1.29 is 13.9 Å². The van der Waals surface area contributed by atoms with Gasteiger partial charge in [-0.3, -0.25) is 9.59 Å². The molecule has 0 bridgehead atoms. The number of alkyl halides is 1. The molecule has 0 aromatic carbocycles. The van der Waals surface area contributed by atoms with E-state index in [0.717, 1.165) is 12.8 Å². The Bertz CT molecular complexity index is 1120. The minimum Gasteiger partial charge on any atom is -0.379 e. The predicted octanol–water partition coefficient (Wildman–Crippen LogP) is 1.85.